The van der Waals surface area contributed by atoms with Gasteiger partial charge in [0, 0.05) is 12.1 Å². The average molecular weight is 275 g/mol. The zero-order valence-corrected chi connectivity index (χ0v) is 13.2. The molecule has 1 aromatic rings. The van der Waals surface area contributed by atoms with Crippen LogP contribution in [0.4, 0.5) is 0 Å². The van der Waals surface area contributed by atoms with Crippen LogP contribution in [-0.2, 0) is 0 Å². The second-order valence-corrected chi connectivity index (χ2v) is 6.84. The highest BCUT2D eigenvalue weighted by atomic mass is 16.3. The lowest BCUT2D eigenvalue weighted by molar-refractivity contribution is 0.146. The molecule has 0 radical (unpaired) electrons. The Bertz CT molecular complexity index is 404. The van der Waals surface area contributed by atoms with Gasteiger partial charge in [0.25, 0.3) is 0 Å². The summed E-state index contributed by atoms with van der Waals surface area (Å²) in [5.41, 5.74) is 2.56. The van der Waals surface area contributed by atoms with Gasteiger partial charge < -0.3 is 10.4 Å². The molecule has 1 aliphatic rings. The summed E-state index contributed by atoms with van der Waals surface area (Å²) in [6, 6.07) is 8.38. The van der Waals surface area contributed by atoms with Gasteiger partial charge >= 0.3 is 0 Å². The van der Waals surface area contributed by atoms with Crippen LogP contribution < -0.4 is 5.32 Å². The summed E-state index contributed by atoms with van der Waals surface area (Å²) in [4.78, 5) is 0. The van der Waals surface area contributed by atoms with E-state index < -0.39 is 6.10 Å². The van der Waals surface area contributed by atoms with Crippen molar-refractivity contribution in [3.05, 3.63) is 35.4 Å². The number of hydrogen-bond acceptors (Lipinski definition) is 2. The van der Waals surface area contributed by atoms with Gasteiger partial charge in [-0.1, -0.05) is 57.4 Å². The van der Waals surface area contributed by atoms with Crippen LogP contribution in [-0.4, -0.2) is 17.2 Å². The molecule has 0 saturated heterocycles. The van der Waals surface area contributed by atoms with E-state index >= 15 is 0 Å². The van der Waals surface area contributed by atoms with Crippen molar-refractivity contribution in [2.75, 3.05) is 6.54 Å². The molecule has 2 rings (SSSR count). The monoisotopic (exact) mass is 275 g/mol. The van der Waals surface area contributed by atoms with Crippen molar-refractivity contribution in [3.63, 3.8) is 0 Å². The van der Waals surface area contributed by atoms with E-state index in [9.17, 15) is 5.11 Å². The van der Waals surface area contributed by atoms with Crippen molar-refractivity contribution in [2.45, 2.75) is 70.4 Å². The first-order valence-electron chi connectivity index (χ1n) is 8.03. The molecule has 0 spiro atoms. The fraction of sp³-hybridized carbons (Fsp3) is 0.667. The van der Waals surface area contributed by atoms with Crippen molar-refractivity contribution >= 4 is 0 Å². The third kappa shape index (κ3) is 4.07. The number of β-amino-alcohol motifs (C(OH)–C–C–N with tert-alkyl or cyclic N) is 1. The molecular weight excluding hydrogens is 246 g/mol. The second kappa shape index (κ2) is 6.73. The lowest BCUT2D eigenvalue weighted by atomic mass is 9.83. The maximum Gasteiger partial charge on any atom is 0.0914 e. The standard InChI is InChI=1S/C18H29NO/c1-14(2)15-7-9-16(10-8-15)17(20)13-19-18(3)11-5-4-6-12-18/h7-10,14,17,19-20H,4-6,11-13H2,1-3H3. The number of benzene rings is 1. The zero-order chi connectivity index (χ0) is 14.6. The molecule has 0 heterocycles. The van der Waals surface area contributed by atoms with Crippen molar-refractivity contribution in [3.8, 4) is 0 Å². The Hall–Kier alpha value is -0.860. The number of hydrogen-bond donors (Lipinski definition) is 2. The second-order valence-electron chi connectivity index (χ2n) is 6.84. The summed E-state index contributed by atoms with van der Waals surface area (Å²) >= 11 is 0. The molecule has 1 unspecified atom stereocenters. The quantitative estimate of drug-likeness (QED) is 0.846. The van der Waals surface area contributed by atoms with Crippen LogP contribution in [0, 0.1) is 0 Å². The van der Waals surface area contributed by atoms with Gasteiger partial charge in [-0.25, -0.2) is 0 Å². The van der Waals surface area contributed by atoms with Gasteiger partial charge in [-0.2, -0.15) is 0 Å². The van der Waals surface area contributed by atoms with E-state index in [1.807, 2.05) is 0 Å². The lowest BCUT2D eigenvalue weighted by Gasteiger charge is -2.35. The van der Waals surface area contributed by atoms with E-state index in [1.165, 1.54) is 37.7 Å². The fourth-order valence-corrected chi connectivity index (χ4v) is 3.07. The van der Waals surface area contributed by atoms with Crippen LogP contribution in [0.5, 0.6) is 0 Å². The molecule has 2 N–H and O–H groups in total. The molecule has 1 fully saturated rings. The van der Waals surface area contributed by atoms with Gasteiger partial charge in [0.2, 0.25) is 0 Å². The predicted molar refractivity (Wildman–Crippen MR) is 85.0 cm³/mol. The third-order valence-electron chi connectivity index (χ3n) is 4.67. The number of aliphatic hydroxyl groups is 1. The zero-order valence-electron chi connectivity index (χ0n) is 13.2. The molecule has 1 aromatic carbocycles. The van der Waals surface area contributed by atoms with Crippen LogP contribution in [0.1, 0.15) is 76.0 Å². The Balaban J connectivity index is 1.89. The first kappa shape index (κ1) is 15.5. The van der Waals surface area contributed by atoms with Gasteiger partial charge in [-0.05, 0) is 36.8 Å². The van der Waals surface area contributed by atoms with Gasteiger partial charge in [0.15, 0.2) is 0 Å². The molecule has 2 heteroatoms. The number of rotatable bonds is 5. The highest BCUT2D eigenvalue weighted by Gasteiger charge is 2.26. The minimum Gasteiger partial charge on any atom is -0.387 e. The molecule has 1 atom stereocenters. The van der Waals surface area contributed by atoms with Crippen molar-refractivity contribution in [2.24, 2.45) is 0 Å². The molecule has 2 nitrogen and oxygen atoms in total. The van der Waals surface area contributed by atoms with E-state index in [2.05, 4.69) is 50.4 Å². The maximum atomic E-state index is 10.3. The maximum absolute atomic E-state index is 10.3. The minimum absolute atomic E-state index is 0.219. The normalized spacial score (nSPS) is 20.1. The molecule has 0 bridgehead atoms. The predicted octanol–water partition coefficient (Wildman–Crippen LogP) is 4.16. The highest BCUT2D eigenvalue weighted by molar-refractivity contribution is 5.26. The molecular formula is C18H29NO. The summed E-state index contributed by atoms with van der Waals surface area (Å²) in [6.45, 7) is 7.33. The fourth-order valence-electron chi connectivity index (χ4n) is 3.07. The topological polar surface area (TPSA) is 32.3 Å². The largest absolute Gasteiger partial charge is 0.387 e. The Kier molecular flexibility index (Phi) is 5.22. The van der Waals surface area contributed by atoms with Crippen LogP contribution in [0.25, 0.3) is 0 Å². The van der Waals surface area contributed by atoms with Gasteiger partial charge in [-0.15, -0.1) is 0 Å². The highest BCUT2D eigenvalue weighted by Crippen LogP contribution is 2.28. The minimum atomic E-state index is -0.407. The van der Waals surface area contributed by atoms with Crippen LogP contribution in [0.3, 0.4) is 0 Å². The van der Waals surface area contributed by atoms with E-state index in [-0.39, 0.29) is 5.54 Å². The van der Waals surface area contributed by atoms with Crippen molar-refractivity contribution in [1.82, 2.24) is 5.32 Å². The number of aliphatic hydroxyl groups excluding tert-OH is 1. The molecule has 0 aromatic heterocycles. The molecule has 20 heavy (non-hydrogen) atoms. The van der Waals surface area contributed by atoms with Crippen LogP contribution in [0.15, 0.2) is 24.3 Å². The Labute approximate surface area is 123 Å². The molecule has 1 saturated carbocycles. The lowest BCUT2D eigenvalue weighted by Crippen LogP contribution is -2.45. The van der Waals surface area contributed by atoms with Gasteiger partial charge in [0.1, 0.15) is 0 Å². The van der Waals surface area contributed by atoms with Gasteiger partial charge in [0.05, 0.1) is 6.10 Å². The first-order chi connectivity index (χ1) is 9.50. The van der Waals surface area contributed by atoms with E-state index in [4.69, 9.17) is 0 Å². The Morgan fingerprint density at radius 1 is 1.05 bits per heavy atom. The molecule has 1 aliphatic carbocycles. The van der Waals surface area contributed by atoms with Crippen molar-refractivity contribution < 1.29 is 5.11 Å². The SMILES string of the molecule is CC(C)c1ccc(C(O)CNC2(C)CCCCC2)cc1. The summed E-state index contributed by atoms with van der Waals surface area (Å²) < 4.78 is 0. The molecule has 112 valence electrons. The Morgan fingerprint density at radius 3 is 2.15 bits per heavy atom. The smallest absolute Gasteiger partial charge is 0.0914 e. The summed E-state index contributed by atoms with van der Waals surface area (Å²) in [5, 5.41) is 13.9. The van der Waals surface area contributed by atoms with Gasteiger partial charge in [-0.3, -0.25) is 0 Å². The summed E-state index contributed by atoms with van der Waals surface area (Å²) in [5.74, 6) is 0.542. The average Bonchev–Trinajstić information content (AvgIpc) is 2.46. The van der Waals surface area contributed by atoms with E-state index in [0.717, 1.165) is 5.56 Å². The summed E-state index contributed by atoms with van der Waals surface area (Å²) in [7, 11) is 0. The summed E-state index contributed by atoms with van der Waals surface area (Å²) in [6.07, 6.45) is 6.02. The molecule has 0 amide bonds. The van der Waals surface area contributed by atoms with Crippen molar-refractivity contribution in [1.29, 1.82) is 0 Å². The number of nitrogens with one attached hydrogen (secondary N) is 1. The first-order valence-corrected chi connectivity index (χ1v) is 8.03. The van der Waals surface area contributed by atoms with Crippen LogP contribution >= 0.6 is 0 Å². The molecule has 0 aliphatic heterocycles. The third-order valence-corrected chi connectivity index (χ3v) is 4.67. The van der Waals surface area contributed by atoms with E-state index in [1.54, 1.807) is 0 Å². The van der Waals surface area contributed by atoms with Crippen LogP contribution in [0.2, 0.25) is 0 Å². The van der Waals surface area contributed by atoms with E-state index in [0.29, 0.717) is 12.5 Å². The Morgan fingerprint density at radius 2 is 1.60 bits per heavy atom.